The number of para-hydroxylation sites is 1. The topological polar surface area (TPSA) is 81.2 Å². The number of nitrogens with zero attached hydrogens (tertiary/aromatic N) is 3. The van der Waals surface area contributed by atoms with Gasteiger partial charge in [-0.05, 0) is 101 Å². The van der Waals surface area contributed by atoms with Crippen molar-refractivity contribution in [2.75, 3.05) is 31.2 Å². The number of ether oxygens (including phenoxy) is 3. The molecule has 1 aliphatic rings. The van der Waals surface area contributed by atoms with E-state index in [4.69, 9.17) is 19.2 Å². The molecule has 0 saturated carbocycles. The number of halogens is 1. The van der Waals surface area contributed by atoms with E-state index in [2.05, 4.69) is 30.9 Å². The van der Waals surface area contributed by atoms with Crippen LogP contribution in [0.5, 0.6) is 5.75 Å². The molecule has 9 heteroatoms. The second-order valence-corrected chi connectivity index (χ2v) is 15.6. The third kappa shape index (κ3) is 10.4. The number of carbonyl (C=O) groups is 2. The minimum Gasteiger partial charge on any atom is -0.484 e. The number of benzene rings is 3. The van der Waals surface area contributed by atoms with Crippen molar-refractivity contribution in [3.05, 3.63) is 113 Å². The van der Waals surface area contributed by atoms with Gasteiger partial charge >= 0.3 is 5.97 Å². The lowest BCUT2D eigenvalue weighted by Gasteiger charge is -2.41. The number of piperidine rings is 1. The Bertz CT molecular complexity index is 1840. The van der Waals surface area contributed by atoms with Gasteiger partial charge in [-0.25, -0.2) is 9.18 Å². The predicted octanol–water partition coefficient (Wildman–Crippen LogP) is 9.16. The number of carbonyl (C=O) groups excluding carboxylic acids is 2. The molecule has 8 nitrogen and oxygen atoms in total. The van der Waals surface area contributed by atoms with Crippen LogP contribution in [0.15, 0.2) is 78.9 Å². The van der Waals surface area contributed by atoms with Crippen molar-refractivity contribution >= 4 is 17.6 Å². The molecule has 1 aliphatic heterocycles. The number of hydrogen-bond donors (Lipinski definition) is 0. The van der Waals surface area contributed by atoms with Gasteiger partial charge in [-0.2, -0.15) is 0 Å². The minimum atomic E-state index is -0.963. The molecule has 0 unspecified atom stereocenters. The van der Waals surface area contributed by atoms with Crippen molar-refractivity contribution < 1.29 is 28.2 Å². The van der Waals surface area contributed by atoms with Gasteiger partial charge in [-0.1, -0.05) is 68.4 Å². The van der Waals surface area contributed by atoms with Crippen molar-refractivity contribution in [3.63, 3.8) is 0 Å². The Balaban J connectivity index is 1.53. The Morgan fingerprint density at radius 2 is 1.47 bits per heavy atom. The first kappa shape index (κ1) is 39.4. The van der Waals surface area contributed by atoms with Crippen molar-refractivity contribution in [1.82, 2.24) is 9.88 Å². The molecule has 2 heterocycles. The van der Waals surface area contributed by atoms with Crippen LogP contribution in [0.4, 0.5) is 10.1 Å². The first-order chi connectivity index (χ1) is 25.1. The molecule has 53 heavy (non-hydrogen) atoms. The monoisotopic (exact) mass is 723 g/mol. The normalized spacial score (nSPS) is 14.8. The molecule has 282 valence electrons. The first-order valence-electron chi connectivity index (χ1n) is 18.5. The van der Waals surface area contributed by atoms with Crippen LogP contribution in [0.1, 0.15) is 88.6 Å². The van der Waals surface area contributed by atoms with Crippen molar-refractivity contribution in [3.8, 4) is 16.9 Å². The molecule has 0 spiro atoms. The van der Waals surface area contributed by atoms with Gasteiger partial charge in [0.25, 0.3) is 5.91 Å². The highest BCUT2D eigenvalue weighted by Gasteiger charge is 2.37. The fourth-order valence-corrected chi connectivity index (χ4v) is 6.76. The van der Waals surface area contributed by atoms with Crippen LogP contribution in [0.2, 0.25) is 0 Å². The van der Waals surface area contributed by atoms with E-state index in [0.29, 0.717) is 18.8 Å². The van der Waals surface area contributed by atoms with Crippen LogP contribution in [-0.2, 0) is 32.2 Å². The molecule has 0 N–H and O–H groups in total. The Morgan fingerprint density at radius 1 is 0.887 bits per heavy atom. The van der Waals surface area contributed by atoms with E-state index < -0.39 is 17.7 Å². The zero-order valence-corrected chi connectivity index (χ0v) is 32.5. The summed E-state index contributed by atoms with van der Waals surface area (Å²) in [6.07, 6.45) is 1.04. The van der Waals surface area contributed by atoms with Gasteiger partial charge in [-0.15, -0.1) is 0 Å². The predicted molar refractivity (Wildman–Crippen MR) is 207 cm³/mol. The molecule has 1 fully saturated rings. The Hall–Kier alpha value is -4.76. The summed E-state index contributed by atoms with van der Waals surface area (Å²) in [7, 11) is 0. The molecule has 1 saturated heterocycles. The van der Waals surface area contributed by atoms with E-state index >= 15 is 0 Å². The molecule has 5 rings (SSSR count). The summed E-state index contributed by atoms with van der Waals surface area (Å²) in [5.41, 5.74) is 6.48. The third-order valence-electron chi connectivity index (χ3n) is 9.61. The number of anilines is 1. The molecular weight excluding hydrogens is 669 g/mol. The van der Waals surface area contributed by atoms with Gasteiger partial charge in [-0.3, -0.25) is 9.78 Å². The van der Waals surface area contributed by atoms with Crippen LogP contribution in [0.3, 0.4) is 0 Å². The van der Waals surface area contributed by atoms with Crippen LogP contribution in [0.25, 0.3) is 11.1 Å². The largest absolute Gasteiger partial charge is 0.484 e. The third-order valence-corrected chi connectivity index (χ3v) is 9.61. The Morgan fingerprint density at radius 3 is 2.04 bits per heavy atom. The van der Waals surface area contributed by atoms with Crippen LogP contribution in [-0.4, -0.2) is 53.7 Å². The second-order valence-electron chi connectivity index (χ2n) is 15.6. The Kier molecular flexibility index (Phi) is 12.6. The molecule has 1 aromatic heterocycles. The molecular formula is C44H54FN3O5. The SMILES string of the molecule is CCOC(=O)[C@@H](OC(C)(C)C)c1c(C)nc(C)c(-c2ccc(CN(Cc3ccc(F)cc3)C(=O)COc3ccccc3)cc2)c1N1CCC(C)(C)CC1. The molecule has 3 aromatic carbocycles. The standard InChI is InChI=1S/C44H54FN3O5/c1-9-51-42(50)41(53-43(4,5)6)39-31(3)46-30(2)38(40(39)47-25-23-44(7,8)24-26-47)34-19-15-32(16-20-34)27-48(28-33-17-21-35(45)22-18-33)37(49)29-52-36-13-11-10-12-14-36/h10-22,41H,9,23-29H2,1-8H3/t41-/m0/s1. The fourth-order valence-electron chi connectivity index (χ4n) is 6.76. The quantitative estimate of drug-likeness (QED) is 0.127. The summed E-state index contributed by atoms with van der Waals surface area (Å²) >= 11 is 0. The maximum absolute atomic E-state index is 13.7. The van der Waals surface area contributed by atoms with E-state index in [-0.39, 0.29) is 30.4 Å². The molecule has 0 bridgehead atoms. The average Bonchev–Trinajstić information content (AvgIpc) is 3.11. The number of amides is 1. The molecule has 0 aliphatic carbocycles. The zero-order valence-electron chi connectivity index (χ0n) is 32.5. The van der Waals surface area contributed by atoms with Gasteiger partial charge < -0.3 is 24.0 Å². The summed E-state index contributed by atoms with van der Waals surface area (Å²) in [6, 6.07) is 23.6. The van der Waals surface area contributed by atoms with E-state index in [1.54, 1.807) is 24.0 Å². The van der Waals surface area contributed by atoms with Gasteiger partial charge in [0.2, 0.25) is 0 Å². The summed E-state index contributed by atoms with van der Waals surface area (Å²) < 4.78 is 31.6. The highest BCUT2D eigenvalue weighted by Crippen LogP contribution is 2.45. The fraction of sp³-hybridized carbons (Fsp3) is 0.432. The molecule has 1 amide bonds. The average molecular weight is 724 g/mol. The lowest BCUT2D eigenvalue weighted by molar-refractivity contribution is -0.166. The number of aromatic nitrogens is 1. The van der Waals surface area contributed by atoms with Crippen molar-refractivity contribution in [2.45, 2.75) is 93.0 Å². The number of esters is 1. The number of pyridine rings is 1. The van der Waals surface area contributed by atoms with Gasteiger partial charge in [0.05, 0.1) is 17.9 Å². The van der Waals surface area contributed by atoms with Crippen LogP contribution < -0.4 is 9.64 Å². The van der Waals surface area contributed by atoms with Gasteiger partial charge in [0, 0.05) is 48.7 Å². The smallest absolute Gasteiger partial charge is 0.340 e. The first-order valence-corrected chi connectivity index (χ1v) is 18.5. The van der Waals surface area contributed by atoms with Gasteiger partial charge in [0.15, 0.2) is 12.7 Å². The van der Waals surface area contributed by atoms with Crippen molar-refractivity contribution in [2.24, 2.45) is 5.41 Å². The summed E-state index contributed by atoms with van der Waals surface area (Å²) in [4.78, 5) is 36.4. The maximum atomic E-state index is 13.7. The van der Waals surface area contributed by atoms with E-state index in [0.717, 1.165) is 70.8 Å². The van der Waals surface area contributed by atoms with E-state index in [9.17, 15) is 14.0 Å². The second kappa shape index (κ2) is 16.9. The molecule has 0 radical (unpaired) electrons. The van der Waals surface area contributed by atoms with Crippen LogP contribution in [0, 0.1) is 25.1 Å². The molecule has 1 atom stereocenters. The maximum Gasteiger partial charge on any atom is 0.340 e. The number of aryl methyl sites for hydroxylation is 2. The zero-order chi connectivity index (χ0) is 38.3. The minimum absolute atomic E-state index is 0.130. The summed E-state index contributed by atoms with van der Waals surface area (Å²) in [6.45, 7) is 18.6. The van der Waals surface area contributed by atoms with E-state index in [1.807, 2.05) is 77.1 Å². The van der Waals surface area contributed by atoms with Crippen molar-refractivity contribution in [1.29, 1.82) is 0 Å². The Labute approximate surface area is 314 Å². The van der Waals surface area contributed by atoms with Crippen LogP contribution >= 0.6 is 0 Å². The number of hydrogen-bond acceptors (Lipinski definition) is 7. The molecule has 4 aromatic rings. The summed E-state index contributed by atoms with van der Waals surface area (Å²) in [5.74, 6) is -0.340. The highest BCUT2D eigenvalue weighted by molar-refractivity contribution is 5.88. The lowest BCUT2D eigenvalue weighted by atomic mass is 9.81. The number of rotatable bonds is 13. The highest BCUT2D eigenvalue weighted by atomic mass is 19.1. The summed E-state index contributed by atoms with van der Waals surface area (Å²) in [5, 5.41) is 0. The van der Waals surface area contributed by atoms with E-state index in [1.165, 1.54) is 12.1 Å². The lowest BCUT2D eigenvalue weighted by Crippen LogP contribution is -2.39. The van der Waals surface area contributed by atoms with Gasteiger partial charge in [0.1, 0.15) is 11.6 Å².